The van der Waals surface area contributed by atoms with Crippen LogP contribution < -0.4 is 10.7 Å². The van der Waals surface area contributed by atoms with Crippen molar-refractivity contribution >= 4 is 45.4 Å². The van der Waals surface area contributed by atoms with E-state index < -0.39 is 36.0 Å². The molecule has 180 valence electrons. The van der Waals surface area contributed by atoms with Crippen LogP contribution in [0.5, 0.6) is 0 Å². The smallest absolute Gasteiger partial charge is 0.344 e. The highest BCUT2D eigenvalue weighted by Gasteiger charge is 2.52. The first-order valence-corrected chi connectivity index (χ1v) is 12.8. The van der Waals surface area contributed by atoms with Gasteiger partial charge in [-0.2, -0.15) is 5.01 Å². The van der Waals surface area contributed by atoms with E-state index in [-0.39, 0.29) is 11.8 Å². The zero-order valence-electron chi connectivity index (χ0n) is 18.9. The van der Waals surface area contributed by atoms with E-state index in [4.69, 9.17) is 9.72 Å². The molecule has 0 unspecified atom stereocenters. The van der Waals surface area contributed by atoms with Crippen LogP contribution >= 0.6 is 11.3 Å². The van der Waals surface area contributed by atoms with Crippen LogP contribution in [0.3, 0.4) is 0 Å². The summed E-state index contributed by atoms with van der Waals surface area (Å²) in [6.45, 7) is -0.550. The first-order valence-electron chi connectivity index (χ1n) is 12.0. The maximum absolute atomic E-state index is 12.9. The number of imide groups is 1. The van der Waals surface area contributed by atoms with E-state index in [1.165, 1.54) is 0 Å². The number of para-hydroxylation sites is 1. The molecule has 4 amide bonds. The fourth-order valence-electron chi connectivity index (χ4n) is 5.37. The average Bonchev–Trinajstić information content (AvgIpc) is 3.38. The minimum absolute atomic E-state index is 0.0428. The standard InChI is InChI=1S/C24H28N4O5S/c29-19(27-28-22(31)24(26-23(28)32)12-6-1-7-13-24)14-33-21(30)16-9-3-2-8-15(16)20-25-17-10-4-5-11-18(17)34-20/h4-5,10-11,15-16H,1-3,6-9,12-14H2,(H,26,32)(H,27,29)/t15-,16+/m0/s1. The number of thiazole rings is 1. The summed E-state index contributed by atoms with van der Waals surface area (Å²) in [5.41, 5.74) is 2.31. The molecule has 2 heterocycles. The first kappa shape index (κ1) is 22.8. The maximum atomic E-state index is 12.9. The predicted octanol–water partition coefficient (Wildman–Crippen LogP) is 3.40. The number of hydrogen-bond donors (Lipinski definition) is 2. The Morgan fingerprint density at radius 2 is 1.88 bits per heavy atom. The number of amides is 4. The molecule has 34 heavy (non-hydrogen) atoms. The monoisotopic (exact) mass is 484 g/mol. The van der Waals surface area contributed by atoms with Gasteiger partial charge in [-0.15, -0.1) is 11.3 Å². The molecule has 2 N–H and O–H groups in total. The second-order valence-corrected chi connectivity index (χ2v) is 10.4. The number of nitrogens with zero attached hydrogens (tertiary/aromatic N) is 2. The van der Waals surface area contributed by atoms with Gasteiger partial charge in [0, 0.05) is 5.92 Å². The Balaban J connectivity index is 1.19. The van der Waals surface area contributed by atoms with Crippen molar-refractivity contribution in [2.45, 2.75) is 69.2 Å². The summed E-state index contributed by atoms with van der Waals surface area (Å²) in [4.78, 5) is 55.2. The molecule has 0 radical (unpaired) electrons. The Bertz CT molecular complexity index is 1090. The molecule has 3 aliphatic rings. The van der Waals surface area contributed by atoms with Gasteiger partial charge in [-0.25, -0.2) is 9.78 Å². The fourth-order valence-corrected chi connectivity index (χ4v) is 6.54. The van der Waals surface area contributed by atoms with Crippen molar-refractivity contribution in [2.24, 2.45) is 5.92 Å². The fraction of sp³-hybridized carbons (Fsp3) is 0.542. The van der Waals surface area contributed by atoms with Crippen molar-refractivity contribution in [2.75, 3.05) is 6.61 Å². The summed E-state index contributed by atoms with van der Waals surface area (Å²) in [6.07, 6.45) is 7.29. The molecular weight excluding hydrogens is 456 g/mol. The molecule has 0 bridgehead atoms. The molecule has 1 spiro atoms. The SMILES string of the molecule is O=C(COC(=O)[C@@H]1CCCC[C@@H]1c1nc2ccccc2s1)NN1C(=O)NC2(CCCCC2)C1=O. The Hall–Kier alpha value is -3.01. The number of hydrogen-bond acceptors (Lipinski definition) is 7. The first-order chi connectivity index (χ1) is 16.5. The predicted molar refractivity (Wildman–Crippen MR) is 125 cm³/mol. The van der Waals surface area contributed by atoms with Gasteiger partial charge in [-0.1, -0.05) is 44.2 Å². The summed E-state index contributed by atoms with van der Waals surface area (Å²) in [6, 6.07) is 7.25. The van der Waals surface area contributed by atoms with Crippen LogP contribution in [-0.4, -0.2) is 46.0 Å². The minimum atomic E-state index is -0.925. The van der Waals surface area contributed by atoms with E-state index in [0.717, 1.165) is 58.8 Å². The van der Waals surface area contributed by atoms with Gasteiger partial charge in [0.2, 0.25) is 0 Å². The molecule has 1 aromatic heterocycles. The summed E-state index contributed by atoms with van der Waals surface area (Å²) in [5, 5.41) is 4.38. The van der Waals surface area contributed by atoms with Crippen molar-refractivity contribution in [1.29, 1.82) is 0 Å². The number of carbonyl (C=O) groups is 4. The van der Waals surface area contributed by atoms with Crippen LogP contribution in [0.4, 0.5) is 4.79 Å². The zero-order chi connectivity index (χ0) is 23.7. The van der Waals surface area contributed by atoms with Gasteiger partial charge < -0.3 is 10.1 Å². The zero-order valence-corrected chi connectivity index (χ0v) is 19.7. The second kappa shape index (κ2) is 9.32. The molecule has 2 aliphatic carbocycles. The van der Waals surface area contributed by atoms with Crippen molar-refractivity contribution in [3.8, 4) is 0 Å². The van der Waals surface area contributed by atoms with Crippen LogP contribution in [0, 0.1) is 5.92 Å². The highest BCUT2D eigenvalue weighted by atomic mass is 32.1. The summed E-state index contributed by atoms with van der Waals surface area (Å²) >= 11 is 1.59. The minimum Gasteiger partial charge on any atom is -0.455 e. The lowest BCUT2D eigenvalue weighted by atomic mass is 9.79. The molecule has 1 aromatic carbocycles. The van der Waals surface area contributed by atoms with Gasteiger partial charge in [0.1, 0.15) is 5.54 Å². The Morgan fingerprint density at radius 1 is 1.12 bits per heavy atom. The number of fused-ring (bicyclic) bond motifs is 1. The van der Waals surface area contributed by atoms with Crippen molar-refractivity contribution < 1.29 is 23.9 Å². The average molecular weight is 485 g/mol. The van der Waals surface area contributed by atoms with Crippen LogP contribution in [-0.2, 0) is 19.1 Å². The normalized spacial score (nSPS) is 24.3. The molecule has 2 saturated carbocycles. The number of hydrazine groups is 1. The van der Waals surface area contributed by atoms with Gasteiger partial charge in [0.05, 0.1) is 21.1 Å². The lowest BCUT2D eigenvalue weighted by molar-refractivity contribution is -0.155. The highest BCUT2D eigenvalue weighted by molar-refractivity contribution is 7.18. The number of carbonyl (C=O) groups excluding carboxylic acids is 4. The van der Waals surface area contributed by atoms with E-state index in [9.17, 15) is 19.2 Å². The van der Waals surface area contributed by atoms with Crippen LogP contribution in [0.25, 0.3) is 10.2 Å². The third-order valence-corrected chi connectivity index (χ3v) is 8.32. The van der Waals surface area contributed by atoms with Crippen molar-refractivity contribution in [1.82, 2.24) is 20.7 Å². The molecule has 9 nitrogen and oxygen atoms in total. The molecule has 2 aromatic rings. The second-order valence-electron chi connectivity index (χ2n) is 9.37. The van der Waals surface area contributed by atoms with Crippen molar-refractivity contribution in [3.05, 3.63) is 29.3 Å². The third-order valence-electron chi connectivity index (χ3n) is 7.15. The van der Waals surface area contributed by atoms with Crippen LogP contribution in [0.15, 0.2) is 24.3 Å². The number of esters is 1. The topological polar surface area (TPSA) is 118 Å². The summed E-state index contributed by atoms with van der Waals surface area (Å²) in [7, 11) is 0. The van der Waals surface area contributed by atoms with E-state index in [0.29, 0.717) is 19.3 Å². The molecule has 2 atom stereocenters. The van der Waals surface area contributed by atoms with E-state index in [1.54, 1.807) is 11.3 Å². The number of rotatable bonds is 5. The third kappa shape index (κ3) is 4.26. The number of aromatic nitrogens is 1. The largest absolute Gasteiger partial charge is 0.455 e. The molecule has 10 heteroatoms. The lowest BCUT2D eigenvalue weighted by Gasteiger charge is -2.30. The maximum Gasteiger partial charge on any atom is 0.344 e. The van der Waals surface area contributed by atoms with Gasteiger partial charge in [0.25, 0.3) is 11.8 Å². The van der Waals surface area contributed by atoms with Crippen molar-refractivity contribution in [3.63, 3.8) is 0 Å². The Labute approximate surface area is 201 Å². The van der Waals surface area contributed by atoms with Gasteiger partial charge in [-0.05, 0) is 37.8 Å². The molecule has 5 rings (SSSR count). The van der Waals surface area contributed by atoms with Gasteiger partial charge in [0.15, 0.2) is 6.61 Å². The molecule has 1 aliphatic heterocycles. The highest BCUT2D eigenvalue weighted by Crippen LogP contribution is 2.41. The van der Waals surface area contributed by atoms with E-state index in [1.807, 2.05) is 24.3 Å². The van der Waals surface area contributed by atoms with Gasteiger partial charge >= 0.3 is 12.0 Å². The van der Waals surface area contributed by atoms with Gasteiger partial charge in [-0.3, -0.25) is 19.8 Å². The number of benzene rings is 1. The van der Waals surface area contributed by atoms with E-state index >= 15 is 0 Å². The summed E-state index contributed by atoms with van der Waals surface area (Å²) < 4.78 is 6.43. The quantitative estimate of drug-likeness (QED) is 0.496. The number of urea groups is 1. The molecule has 1 saturated heterocycles. The number of nitrogens with one attached hydrogen (secondary N) is 2. The number of ether oxygens (including phenoxy) is 1. The Morgan fingerprint density at radius 3 is 2.68 bits per heavy atom. The summed E-state index contributed by atoms with van der Waals surface area (Å²) in [5.74, 6) is -2.01. The Kier molecular flexibility index (Phi) is 6.24. The van der Waals surface area contributed by atoms with Crippen LogP contribution in [0.1, 0.15) is 68.7 Å². The lowest BCUT2D eigenvalue weighted by Crippen LogP contribution is -2.51. The molecular formula is C24H28N4O5S. The van der Waals surface area contributed by atoms with Crippen LogP contribution in [0.2, 0.25) is 0 Å². The molecule has 3 fully saturated rings. The van der Waals surface area contributed by atoms with E-state index in [2.05, 4.69) is 10.7 Å².